The summed E-state index contributed by atoms with van der Waals surface area (Å²) in [5.74, 6) is 0.683. The summed E-state index contributed by atoms with van der Waals surface area (Å²) in [6, 6.07) is 75.1. The smallest absolute Gasteiger partial charge is 0.160 e. The number of nitrogens with zero attached hydrogens (tertiary/aromatic N) is 3. The molecule has 0 unspecified atom stereocenters. The minimum Gasteiger partial charge on any atom is -0.309 e. The van der Waals surface area contributed by atoms with Crippen LogP contribution in [0.5, 0.6) is 0 Å². The third-order valence-corrected chi connectivity index (χ3v) is 10.4. The van der Waals surface area contributed by atoms with E-state index in [0.29, 0.717) is 5.82 Å². The molecule has 8 aromatic carbocycles. The van der Waals surface area contributed by atoms with E-state index < -0.39 is 0 Å². The molecular weight excluding hydrogens is 667 g/mol. The van der Waals surface area contributed by atoms with E-state index in [0.717, 1.165) is 56.0 Å². The van der Waals surface area contributed by atoms with Gasteiger partial charge in [0.2, 0.25) is 0 Å². The van der Waals surface area contributed by atoms with Crippen LogP contribution in [0, 0.1) is 0 Å². The summed E-state index contributed by atoms with van der Waals surface area (Å²) in [5, 5.41) is 2.49. The fourth-order valence-electron chi connectivity index (χ4n) is 7.69. The molecule has 2 aromatic heterocycles. The molecule has 0 fully saturated rings. The molecular formula is C52H35N3. The van der Waals surface area contributed by atoms with Gasteiger partial charge in [0.05, 0.1) is 22.4 Å². The van der Waals surface area contributed by atoms with E-state index in [2.05, 4.69) is 211 Å². The Labute approximate surface area is 320 Å². The van der Waals surface area contributed by atoms with Crippen LogP contribution in [-0.4, -0.2) is 14.5 Å². The molecule has 0 spiro atoms. The normalized spacial score (nSPS) is 11.3. The maximum atomic E-state index is 5.31. The Morgan fingerprint density at radius 2 is 0.691 bits per heavy atom. The van der Waals surface area contributed by atoms with Crippen molar-refractivity contribution in [3.8, 4) is 73.0 Å². The molecule has 0 aliphatic heterocycles. The van der Waals surface area contributed by atoms with Gasteiger partial charge in [0.1, 0.15) is 0 Å². The van der Waals surface area contributed by atoms with Gasteiger partial charge in [0.25, 0.3) is 0 Å². The molecule has 0 N–H and O–H groups in total. The van der Waals surface area contributed by atoms with Gasteiger partial charge in [-0.2, -0.15) is 0 Å². The second-order valence-corrected chi connectivity index (χ2v) is 13.9. The van der Waals surface area contributed by atoms with Gasteiger partial charge in [-0.3, -0.25) is 0 Å². The van der Waals surface area contributed by atoms with Crippen LogP contribution >= 0.6 is 0 Å². The van der Waals surface area contributed by atoms with Gasteiger partial charge in [0, 0.05) is 33.2 Å². The van der Waals surface area contributed by atoms with E-state index in [-0.39, 0.29) is 0 Å². The Kier molecular flexibility index (Phi) is 8.16. The third kappa shape index (κ3) is 6.18. The molecule has 3 nitrogen and oxygen atoms in total. The number of fused-ring (bicyclic) bond motifs is 3. The van der Waals surface area contributed by atoms with Crippen LogP contribution in [0.25, 0.3) is 94.8 Å². The highest BCUT2D eigenvalue weighted by Gasteiger charge is 2.16. The van der Waals surface area contributed by atoms with E-state index in [1.807, 2.05) is 6.07 Å². The molecule has 0 radical (unpaired) electrons. The highest BCUT2D eigenvalue weighted by molar-refractivity contribution is 6.09. The molecule has 258 valence electrons. The largest absolute Gasteiger partial charge is 0.309 e. The average Bonchev–Trinajstić information content (AvgIpc) is 3.61. The van der Waals surface area contributed by atoms with Crippen LogP contribution in [0.4, 0.5) is 0 Å². The van der Waals surface area contributed by atoms with Gasteiger partial charge >= 0.3 is 0 Å². The lowest BCUT2D eigenvalue weighted by Crippen LogP contribution is -1.98. The highest BCUT2D eigenvalue weighted by Crippen LogP contribution is 2.37. The zero-order chi connectivity index (χ0) is 36.6. The van der Waals surface area contributed by atoms with Crippen molar-refractivity contribution in [2.24, 2.45) is 0 Å². The van der Waals surface area contributed by atoms with Gasteiger partial charge in [-0.15, -0.1) is 0 Å². The topological polar surface area (TPSA) is 30.7 Å². The third-order valence-electron chi connectivity index (χ3n) is 10.4. The molecule has 0 bridgehead atoms. The zero-order valence-corrected chi connectivity index (χ0v) is 30.0. The number of benzene rings is 8. The van der Waals surface area contributed by atoms with Crippen LogP contribution < -0.4 is 0 Å². The lowest BCUT2D eigenvalue weighted by atomic mass is 9.93. The first kappa shape index (κ1) is 32.3. The molecule has 10 aromatic rings. The summed E-state index contributed by atoms with van der Waals surface area (Å²) in [6.45, 7) is 0. The Hall–Kier alpha value is -7.36. The maximum absolute atomic E-state index is 5.31. The predicted molar refractivity (Wildman–Crippen MR) is 229 cm³/mol. The monoisotopic (exact) mass is 701 g/mol. The first-order valence-corrected chi connectivity index (χ1v) is 18.7. The fourth-order valence-corrected chi connectivity index (χ4v) is 7.69. The SMILES string of the molecule is c1ccc(-c2cccc(-c3cc(-c4ccccc4)cc(-c4cc(-c5ccccc5)nc(-c5ccc(-n6c7ccccc7c7ccccc76)cc5)n4)c3)c2)cc1. The van der Waals surface area contributed by atoms with Crippen LogP contribution in [0.2, 0.25) is 0 Å². The number of para-hydroxylation sites is 2. The molecule has 0 aliphatic carbocycles. The summed E-state index contributed by atoms with van der Waals surface area (Å²) >= 11 is 0. The lowest BCUT2D eigenvalue weighted by molar-refractivity contribution is 1.16. The molecule has 3 heteroatoms. The first-order chi connectivity index (χ1) is 27.2. The van der Waals surface area contributed by atoms with Crippen LogP contribution in [0.3, 0.4) is 0 Å². The second kappa shape index (κ2) is 13.9. The predicted octanol–water partition coefficient (Wildman–Crippen LogP) is 13.6. The van der Waals surface area contributed by atoms with E-state index in [4.69, 9.17) is 9.97 Å². The van der Waals surface area contributed by atoms with Crippen molar-refractivity contribution in [3.63, 3.8) is 0 Å². The molecule has 0 aliphatic rings. The van der Waals surface area contributed by atoms with E-state index in [9.17, 15) is 0 Å². The summed E-state index contributed by atoms with van der Waals surface area (Å²) in [7, 11) is 0. The van der Waals surface area contributed by atoms with Crippen LogP contribution in [0.15, 0.2) is 212 Å². The van der Waals surface area contributed by atoms with Crippen molar-refractivity contribution in [2.45, 2.75) is 0 Å². The summed E-state index contributed by atoms with van der Waals surface area (Å²) < 4.78 is 2.34. The molecule has 0 saturated heterocycles. The average molecular weight is 702 g/mol. The number of aromatic nitrogens is 3. The van der Waals surface area contributed by atoms with Crippen LogP contribution in [0.1, 0.15) is 0 Å². The van der Waals surface area contributed by atoms with Crippen LogP contribution in [-0.2, 0) is 0 Å². The van der Waals surface area contributed by atoms with E-state index in [1.165, 1.54) is 32.9 Å². The number of rotatable bonds is 7. The Balaban J connectivity index is 1.12. The summed E-state index contributed by atoms with van der Waals surface area (Å²) in [5.41, 5.74) is 15.2. The zero-order valence-electron chi connectivity index (χ0n) is 30.0. The first-order valence-electron chi connectivity index (χ1n) is 18.7. The minimum absolute atomic E-state index is 0.683. The molecule has 0 atom stereocenters. The summed E-state index contributed by atoms with van der Waals surface area (Å²) in [6.07, 6.45) is 0. The number of hydrogen-bond donors (Lipinski definition) is 0. The van der Waals surface area contributed by atoms with Crippen molar-refractivity contribution in [1.29, 1.82) is 0 Å². The fraction of sp³-hybridized carbons (Fsp3) is 0. The maximum Gasteiger partial charge on any atom is 0.160 e. The molecule has 0 amide bonds. The Bertz CT molecular complexity index is 2890. The van der Waals surface area contributed by atoms with Crippen molar-refractivity contribution >= 4 is 21.8 Å². The quantitative estimate of drug-likeness (QED) is 0.166. The van der Waals surface area contributed by atoms with Gasteiger partial charge in [-0.25, -0.2) is 9.97 Å². The molecule has 10 rings (SSSR count). The highest BCUT2D eigenvalue weighted by atomic mass is 15.0. The molecule has 0 saturated carbocycles. The molecule has 55 heavy (non-hydrogen) atoms. The molecule has 2 heterocycles. The van der Waals surface area contributed by atoms with E-state index >= 15 is 0 Å². The van der Waals surface area contributed by atoms with Crippen molar-refractivity contribution < 1.29 is 0 Å². The van der Waals surface area contributed by atoms with Gasteiger partial charge in [-0.1, -0.05) is 146 Å². The van der Waals surface area contributed by atoms with Crippen molar-refractivity contribution in [2.75, 3.05) is 0 Å². The van der Waals surface area contributed by atoms with Crippen molar-refractivity contribution in [1.82, 2.24) is 14.5 Å². The summed E-state index contributed by atoms with van der Waals surface area (Å²) in [4.78, 5) is 10.5. The van der Waals surface area contributed by atoms with Crippen molar-refractivity contribution in [3.05, 3.63) is 212 Å². The van der Waals surface area contributed by atoms with E-state index in [1.54, 1.807) is 0 Å². The number of hydrogen-bond acceptors (Lipinski definition) is 2. The lowest BCUT2D eigenvalue weighted by Gasteiger charge is -2.14. The Morgan fingerprint density at radius 3 is 1.29 bits per heavy atom. The van der Waals surface area contributed by atoms with Gasteiger partial charge in [0.15, 0.2) is 5.82 Å². The van der Waals surface area contributed by atoms with Gasteiger partial charge < -0.3 is 4.57 Å². The minimum atomic E-state index is 0.683. The second-order valence-electron chi connectivity index (χ2n) is 13.9. The standard InChI is InChI=1S/C52H35N3/c1-4-15-36(16-5-1)40-21-14-22-41(31-40)43-32-42(37-17-6-2-7-18-37)33-44(34-43)49-35-48(38-19-8-3-9-20-38)53-52(54-49)39-27-29-45(30-28-39)55-50-25-12-10-23-46(50)47-24-11-13-26-51(47)55/h1-35H. The van der Waals surface area contributed by atoms with Gasteiger partial charge in [-0.05, 0) is 100 Å². The Morgan fingerprint density at radius 1 is 0.273 bits per heavy atom.